The molecular weight excluding hydrogens is 359 g/mol. The van der Waals surface area contributed by atoms with Gasteiger partial charge in [0.05, 0.1) is 10.7 Å². The first-order chi connectivity index (χ1) is 11.9. The van der Waals surface area contributed by atoms with Gasteiger partial charge < -0.3 is 9.80 Å². The lowest BCUT2D eigenvalue weighted by molar-refractivity contribution is -0.121. The number of carbonyl (C=O) groups excluding carboxylic acids is 2. The zero-order valence-electron chi connectivity index (χ0n) is 14.0. The topological polar surface area (TPSA) is 40.6 Å². The van der Waals surface area contributed by atoms with Gasteiger partial charge in [-0.25, -0.2) is 0 Å². The molecule has 4 nitrogen and oxygen atoms in total. The molecule has 2 amide bonds. The van der Waals surface area contributed by atoms with Gasteiger partial charge in [0.25, 0.3) is 0 Å². The molecule has 1 aliphatic heterocycles. The van der Waals surface area contributed by atoms with Crippen LogP contribution in [-0.2, 0) is 16.0 Å². The number of fused-ring (bicyclic) bond motifs is 1. The van der Waals surface area contributed by atoms with Crippen molar-refractivity contribution in [2.24, 2.45) is 0 Å². The molecule has 0 radical (unpaired) electrons. The fraction of sp³-hybridized carbons (Fsp3) is 0.263. The van der Waals surface area contributed by atoms with Gasteiger partial charge in [-0.15, -0.1) is 0 Å². The Hall–Kier alpha value is -2.04. The first-order valence-corrected chi connectivity index (χ1v) is 8.77. The van der Waals surface area contributed by atoms with Crippen molar-refractivity contribution < 1.29 is 9.59 Å². The molecule has 0 aromatic heterocycles. The van der Waals surface area contributed by atoms with Crippen LogP contribution in [0.3, 0.4) is 0 Å². The highest BCUT2D eigenvalue weighted by Crippen LogP contribution is 2.33. The monoisotopic (exact) mass is 376 g/mol. The van der Waals surface area contributed by atoms with E-state index in [1.165, 1.54) is 11.8 Å². The summed E-state index contributed by atoms with van der Waals surface area (Å²) in [6.45, 7) is 3.35. The molecule has 0 saturated heterocycles. The fourth-order valence-electron chi connectivity index (χ4n) is 3.22. The SMILES string of the molecule is CC(=O)N(CC(=O)N1c2ccccc2CC1C)c1ccc(Cl)cc1Cl. The minimum Gasteiger partial charge on any atom is -0.307 e. The molecule has 1 atom stereocenters. The molecule has 2 aromatic carbocycles. The number of para-hydroxylation sites is 1. The number of nitrogens with zero attached hydrogens (tertiary/aromatic N) is 2. The van der Waals surface area contributed by atoms with Crippen LogP contribution in [-0.4, -0.2) is 24.4 Å². The lowest BCUT2D eigenvalue weighted by Crippen LogP contribution is -2.44. The molecule has 1 aliphatic rings. The van der Waals surface area contributed by atoms with E-state index in [2.05, 4.69) is 0 Å². The second-order valence-electron chi connectivity index (χ2n) is 6.15. The Morgan fingerprint density at radius 2 is 1.92 bits per heavy atom. The van der Waals surface area contributed by atoms with Crippen LogP contribution in [0.4, 0.5) is 11.4 Å². The summed E-state index contributed by atoms with van der Waals surface area (Å²) in [6, 6.07) is 12.8. The van der Waals surface area contributed by atoms with E-state index in [0.717, 1.165) is 17.7 Å². The van der Waals surface area contributed by atoms with Gasteiger partial charge in [0.1, 0.15) is 6.54 Å². The molecule has 0 N–H and O–H groups in total. The maximum Gasteiger partial charge on any atom is 0.247 e. The summed E-state index contributed by atoms with van der Waals surface area (Å²) in [7, 11) is 0. The molecule has 2 aromatic rings. The summed E-state index contributed by atoms with van der Waals surface area (Å²) in [5.41, 5.74) is 2.53. The van der Waals surface area contributed by atoms with Crippen molar-refractivity contribution in [3.8, 4) is 0 Å². The van der Waals surface area contributed by atoms with Gasteiger partial charge in [-0.05, 0) is 43.2 Å². The van der Waals surface area contributed by atoms with Crippen molar-refractivity contribution in [1.82, 2.24) is 0 Å². The largest absolute Gasteiger partial charge is 0.307 e. The van der Waals surface area contributed by atoms with Crippen molar-refractivity contribution in [2.75, 3.05) is 16.3 Å². The van der Waals surface area contributed by atoms with Crippen molar-refractivity contribution in [1.29, 1.82) is 0 Å². The number of rotatable bonds is 3. The molecule has 3 rings (SSSR count). The average molecular weight is 377 g/mol. The molecular formula is C19H18Cl2N2O2. The molecule has 130 valence electrons. The maximum atomic E-state index is 12.9. The number of amides is 2. The Kier molecular flexibility index (Phi) is 5.02. The summed E-state index contributed by atoms with van der Waals surface area (Å²) in [5, 5.41) is 0.816. The normalized spacial score (nSPS) is 15.8. The molecule has 1 heterocycles. The molecule has 0 saturated carbocycles. The lowest BCUT2D eigenvalue weighted by atomic mass is 10.1. The summed E-state index contributed by atoms with van der Waals surface area (Å²) < 4.78 is 0. The maximum absolute atomic E-state index is 12.9. The molecule has 6 heteroatoms. The number of carbonyl (C=O) groups is 2. The van der Waals surface area contributed by atoms with E-state index in [9.17, 15) is 9.59 Å². The Labute approximate surface area is 156 Å². The van der Waals surface area contributed by atoms with Crippen LogP contribution in [0.5, 0.6) is 0 Å². The Morgan fingerprint density at radius 1 is 1.20 bits per heavy atom. The molecule has 0 aliphatic carbocycles. The summed E-state index contributed by atoms with van der Waals surface area (Å²) >= 11 is 12.1. The van der Waals surface area contributed by atoms with Crippen LogP contribution >= 0.6 is 23.2 Å². The summed E-state index contributed by atoms with van der Waals surface area (Å²) in [6.07, 6.45) is 0.809. The number of hydrogen-bond acceptors (Lipinski definition) is 2. The van der Waals surface area contributed by atoms with Gasteiger partial charge in [-0.1, -0.05) is 41.4 Å². The van der Waals surface area contributed by atoms with E-state index in [1.807, 2.05) is 31.2 Å². The van der Waals surface area contributed by atoms with E-state index >= 15 is 0 Å². The van der Waals surface area contributed by atoms with Crippen LogP contribution in [0.1, 0.15) is 19.4 Å². The first kappa shape index (κ1) is 17.8. The fourth-order valence-corrected chi connectivity index (χ4v) is 3.73. The lowest BCUT2D eigenvalue weighted by Gasteiger charge is -2.28. The smallest absolute Gasteiger partial charge is 0.247 e. The van der Waals surface area contributed by atoms with Crippen molar-refractivity contribution in [2.45, 2.75) is 26.3 Å². The minimum absolute atomic E-state index is 0.0550. The second-order valence-corrected chi connectivity index (χ2v) is 6.99. The minimum atomic E-state index is -0.252. The third-order valence-electron chi connectivity index (χ3n) is 4.35. The zero-order valence-corrected chi connectivity index (χ0v) is 15.5. The molecule has 0 spiro atoms. The van der Waals surface area contributed by atoms with E-state index < -0.39 is 0 Å². The Bertz CT molecular complexity index is 838. The van der Waals surface area contributed by atoms with E-state index in [1.54, 1.807) is 23.1 Å². The highest BCUT2D eigenvalue weighted by atomic mass is 35.5. The van der Waals surface area contributed by atoms with Crippen LogP contribution < -0.4 is 9.80 Å². The third-order valence-corrected chi connectivity index (χ3v) is 4.89. The standard InChI is InChI=1S/C19H18Cl2N2O2/c1-12-9-14-5-3-4-6-17(14)23(12)19(25)11-22(13(2)24)18-8-7-15(20)10-16(18)21/h3-8,10,12H,9,11H2,1-2H3. The van der Waals surface area contributed by atoms with Crippen molar-refractivity contribution >= 4 is 46.4 Å². The van der Waals surface area contributed by atoms with Crippen molar-refractivity contribution in [3.05, 3.63) is 58.1 Å². The van der Waals surface area contributed by atoms with Gasteiger partial charge >= 0.3 is 0 Å². The van der Waals surface area contributed by atoms with E-state index in [-0.39, 0.29) is 24.4 Å². The Morgan fingerprint density at radius 3 is 2.60 bits per heavy atom. The Balaban J connectivity index is 1.88. The number of benzene rings is 2. The number of anilines is 2. The predicted molar refractivity (Wildman–Crippen MR) is 102 cm³/mol. The third kappa shape index (κ3) is 3.51. The molecule has 0 bridgehead atoms. The van der Waals surface area contributed by atoms with Gasteiger partial charge in [0, 0.05) is 23.7 Å². The van der Waals surface area contributed by atoms with Gasteiger partial charge in [0.15, 0.2) is 0 Å². The average Bonchev–Trinajstić information content (AvgIpc) is 2.88. The van der Waals surface area contributed by atoms with Crippen LogP contribution in [0, 0.1) is 0 Å². The van der Waals surface area contributed by atoms with E-state index in [0.29, 0.717) is 15.7 Å². The molecule has 0 fully saturated rings. The van der Waals surface area contributed by atoms with E-state index in [4.69, 9.17) is 23.2 Å². The molecule has 1 unspecified atom stereocenters. The van der Waals surface area contributed by atoms with Gasteiger partial charge in [0.2, 0.25) is 11.8 Å². The van der Waals surface area contributed by atoms with Crippen molar-refractivity contribution in [3.63, 3.8) is 0 Å². The quantitative estimate of drug-likeness (QED) is 0.799. The van der Waals surface area contributed by atoms with Gasteiger partial charge in [-0.2, -0.15) is 0 Å². The van der Waals surface area contributed by atoms with Crippen LogP contribution in [0.25, 0.3) is 0 Å². The highest BCUT2D eigenvalue weighted by molar-refractivity contribution is 6.36. The summed E-state index contributed by atoms with van der Waals surface area (Å²) in [5.74, 6) is -0.392. The van der Waals surface area contributed by atoms with Gasteiger partial charge in [-0.3, -0.25) is 9.59 Å². The zero-order chi connectivity index (χ0) is 18.1. The predicted octanol–water partition coefficient (Wildman–Crippen LogP) is 4.32. The highest BCUT2D eigenvalue weighted by Gasteiger charge is 2.32. The van der Waals surface area contributed by atoms with Crippen LogP contribution in [0.15, 0.2) is 42.5 Å². The second kappa shape index (κ2) is 7.06. The first-order valence-electron chi connectivity index (χ1n) is 8.01. The number of hydrogen-bond donors (Lipinski definition) is 0. The summed E-state index contributed by atoms with van der Waals surface area (Å²) in [4.78, 5) is 28.2. The molecule has 25 heavy (non-hydrogen) atoms. The van der Waals surface area contributed by atoms with Crippen LogP contribution in [0.2, 0.25) is 10.0 Å². The number of halogens is 2.